The predicted molar refractivity (Wildman–Crippen MR) is 127 cm³/mol. The molecular weight excluding hydrogens is 419 g/mol. The predicted octanol–water partition coefficient (Wildman–Crippen LogP) is 5.85. The lowest BCUT2D eigenvalue weighted by Crippen LogP contribution is -2.29. The molecule has 1 aliphatic carbocycles. The first-order chi connectivity index (χ1) is 15.7. The first-order valence-corrected chi connectivity index (χ1v) is 11.7. The maximum Gasteiger partial charge on any atom is 0.228 e. The minimum atomic E-state index is -0.373. The number of rotatable bonds is 6. The van der Waals surface area contributed by atoms with Crippen molar-refractivity contribution >= 4 is 28.5 Å². The van der Waals surface area contributed by atoms with Gasteiger partial charge in [0.25, 0.3) is 0 Å². The van der Waals surface area contributed by atoms with Crippen molar-refractivity contribution in [1.29, 1.82) is 0 Å². The largest absolute Gasteiger partial charge is 0.328 e. The first kappa shape index (κ1) is 23.1. The summed E-state index contributed by atoms with van der Waals surface area (Å²) < 4.78 is 16.8. The molecule has 0 spiro atoms. The maximum absolute atomic E-state index is 14.8. The molecule has 1 aromatic carbocycles. The summed E-state index contributed by atoms with van der Waals surface area (Å²) in [5.74, 6) is 0.339. The molecule has 174 valence electrons. The number of benzene rings is 1. The van der Waals surface area contributed by atoms with E-state index in [1.165, 1.54) is 6.07 Å². The minimum absolute atomic E-state index is 0.0647. The summed E-state index contributed by atoms with van der Waals surface area (Å²) in [4.78, 5) is 33.0. The molecule has 0 aliphatic heterocycles. The lowest BCUT2D eigenvalue weighted by molar-refractivity contribution is -0.123. The fourth-order valence-corrected chi connectivity index (χ4v) is 4.91. The van der Waals surface area contributed by atoms with Gasteiger partial charge in [0.05, 0.1) is 11.8 Å². The van der Waals surface area contributed by atoms with Crippen LogP contribution in [-0.4, -0.2) is 26.2 Å². The number of aryl methyl sites for hydroxylation is 1. The number of carbonyl (C=O) groups is 2. The zero-order valence-electron chi connectivity index (χ0n) is 19.7. The van der Waals surface area contributed by atoms with Crippen molar-refractivity contribution in [2.45, 2.75) is 65.8 Å². The molecule has 7 heteroatoms. The second kappa shape index (κ2) is 9.41. The number of halogens is 1. The van der Waals surface area contributed by atoms with E-state index >= 15 is 0 Å². The van der Waals surface area contributed by atoms with Gasteiger partial charge in [-0.25, -0.2) is 14.4 Å². The van der Waals surface area contributed by atoms with Gasteiger partial charge in [0.15, 0.2) is 5.82 Å². The van der Waals surface area contributed by atoms with Gasteiger partial charge in [-0.1, -0.05) is 6.42 Å². The number of nitrogens with zero attached hydrogens (tertiary/aromatic N) is 3. The molecule has 6 nitrogen and oxygen atoms in total. The van der Waals surface area contributed by atoms with Crippen molar-refractivity contribution in [2.24, 2.45) is 11.8 Å². The minimum Gasteiger partial charge on any atom is -0.328 e. The van der Waals surface area contributed by atoms with E-state index in [0.29, 0.717) is 17.8 Å². The molecular formula is C26H31FN4O2. The van der Waals surface area contributed by atoms with Gasteiger partial charge < -0.3 is 14.7 Å². The quantitative estimate of drug-likeness (QED) is 0.511. The molecule has 1 aliphatic rings. The van der Waals surface area contributed by atoms with Gasteiger partial charge in [0, 0.05) is 24.6 Å². The second-order valence-electron chi connectivity index (χ2n) is 9.58. The topological polar surface area (TPSA) is 76.9 Å². The normalized spacial score (nSPS) is 18.6. The zero-order chi connectivity index (χ0) is 23.7. The van der Waals surface area contributed by atoms with Crippen LogP contribution in [0, 0.1) is 24.6 Å². The number of carbonyl (C=O) groups excluding carboxylic acids is 2. The van der Waals surface area contributed by atoms with Crippen molar-refractivity contribution < 1.29 is 14.0 Å². The standard InChI is InChI=1S/C26H31FN4O2/c1-15(2)31-14-29-25-22(27)10-20(11-23(25)31)21-12-24(28-13-16(21)3)30-26(33)19-7-5-6-18(9-19)8-17(4)32/h10-15,18-19H,5-9H2,1-4H3,(H,28,30,33)/t18-,19-/m0/s1. The Bertz CT molecular complexity index is 1200. The summed E-state index contributed by atoms with van der Waals surface area (Å²) in [7, 11) is 0. The summed E-state index contributed by atoms with van der Waals surface area (Å²) in [6, 6.07) is 5.38. The number of aromatic nitrogens is 3. The number of Topliss-reactive ketones (excluding diaryl/α,β-unsaturated/α-hetero) is 1. The molecule has 4 rings (SSSR count). The molecule has 0 bridgehead atoms. The molecule has 1 fully saturated rings. The molecule has 2 atom stereocenters. The Kier molecular flexibility index (Phi) is 6.58. The summed E-state index contributed by atoms with van der Waals surface area (Å²) >= 11 is 0. The molecule has 33 heavy (non-hydrogen) atoms. The smallest absolute Gasteiger partial charge is 0.228 e. The number of pyridine rings is 1. The van der Waals surface area contributed by atoms with E-state index < -0.39 is 0 Å². The molecule has 1 amide bonds. The molecule has 0 saturated heterocycles. The second-order valence-corrected chi connectivity index (χ2v) is 9.58. The third-order valence-electron chi connectivity index (χ3n) is 6.58. The highest BCUT2D eigenvalue weighted by atomic mass is 19.1. The van der Waals surface area contributed by atoms with Gasteiger partial charge in [-0.3, -0.25) is 4.79 Å². The van der Waals surface area contributed by atoms with E-state index in [1.54, 1.807) is 25.5 Å². The Balaban J connectivity index is 1.59. The number of hydrogen-bond donors (Lipinski definition) is 1. The van der Waals surface area contributed by atoms with Crippen LogP contribution in [0.4, 0.5) is 10.2 Å². The number of nitrogens with one attached hydrogen (secondary N) is 1. The van der Waals surface area contributed by atoms with Crippen LogP contribution in [0.15, 0.2) is 30.7 Å². The SMILES string of the molecule is CC(=O)C[C@@H]1CCC[C@H](C(=O)Nc2cc(-c3cc(F)c4ncn(C(C)C)c4c3)c(C)cn2)C1. The number of ketones is 1. The van der Waals surface area contributed by atoms with Crippen molar-refractivity contribution in [3.05, 3.63) is 42.1 Å². The molecule has 2 heterocycles. The van der Waals surface area contributed by atoms with Crippen molar-refractivity contribution in [3.8, 4) is 11.1 Å². The molecule has 0 unspecified atom stereocenters. The highest BCUT2D eigenvalue weighted by molar-refractivity contribution is 5.93. The van der Waals surface area contributed by atoms with Crippen molar-refractivity contribution in [1.82, 2.24) is 14.5 Å². The van der Waals surface area contributed by atoms with Crippen LogP contribution in [0.3, 0.4) is 0 Å². The Morgan fingerprint density at radius 3 is 2.73 bits per heavy atom. The summed E-state index contributed by atoms with van der Waals surface area (Å²) in [5, 5.41) is 2.95. The van der Waals surface area contributed by atoms with E-state index in [2.05, 4.69) is 15.3 Å². The number of hydrogen-bond acceptors (Lipinski definition) is 4. The first-order valence-electron chi connectivity index (χ1n) is 11.7. The number of imidazole rings is 1. The van der Waals surface area contributed by atoms with Crippen LogP contribution >= 0.6 is 0 Å². The number of anilines is 1. The van der Waals surface area contributed by atoms with Gasteiger partial charge in [0.2, 0.25) is 5.91 Å². The van der Waals surface area contributed by atoms with Gasteiger partial charge in [-0.2, -0.15) is 0 Å². The van der Waals surface area contributed by atoms with E-state index in [0.717, 1.165) is 47.9 Å². The Morgan fingerprint density at radius 2 is 2.00 bits per heavy atom. The summed E-state index contributed by atoms with van der Waals surface area (Å²) in [6.07, 6.45) is 7.40. The van der Waals surface area contributed by atoms with Crippen LogP contribution in [0.2, 0.25) is 0 Å². The Labute approximate surface area is 193 Å². The zero-order valence-corrected chi connectivity index (χ0v) is 19.7. The Morgan fingerprint density at radius 1 is 1.21 bits per heavy atom. The van der Waals surface area contributed by atoms with E-state index in [9.17, 15) is 14.0 Å². The highest BCUT2D eigenvalue weighted by Crippen LogP contribution is 2.33. The lowest BCUT2D eigenvalue weighted by Gasteiger charge is -2.27. The monoisotopic (exact) mass is 450 g/mol. The fraction of sp³-hybridized carbons (Fsp3) is 0.462. The number of amides is 1. The van der Waals surface area contributed by atoms with Crippen molar-refractivity contribution in [3.63, 3.8) is 0 Å². The van der Waals surface area contributed by atoms with Gasteiger partial charge in [-0.15, -0.1) is 0 Å². The molecule has 2 aromatic heterocycles. The lowest BCUT2D eigenvalue weighted by atomic mass is 9.79. The third kappa shape index (κ3) is 4.97. The summed E-state index contributed by atoms with van der Waals surface area (Å²) in [6.45, 7) is 7.59. The van der Waals surface area contributed by atoms with E-state index in [1.807, 2.05) is 31.4 Å². The van der Waals surface area contributed by atoms with Gasteiger partial charge in [-0.05, 0) is 87.8 Å². The van der Waals surface area contributed by atoms with Crippen LogP contribution in [-0.2, 0) is 9.59 Å². The van der Waals surface area contributed by atoms with Gasteiger partial charge >= 0.3 is 0 Å². The molecule has 1 saturated carbocycles. The van der Waals surface area contributed by atoms with Crippen molar-refractivity contribution in [2.75, 3.05) is 5.32 Å². The average Bonchev–Trinajstić information content (AvgIpc) is 3.20. The summed E-state index contributed by atoms with van der Waals surface area (Å²) in [5.41, 5.74) is 3.51. The third-order valence-corrected chi connectivity index (χ3v) is 6.58. The molecule has 0 radical (unpaired) electrons. The van der Waals surface area contributed by atoms with Crippen LogP contribution < -0.4 is 5.32 Å². The maximum atomic E-state index is 14.8. The average molecular weight is 451 g/mol. The fourth-order valence-electron chi connectivity index (χ4n) is 4.91. The van der Waals surface area contributed by atoms with Crippen LogP contribution in [0.1, 0.15) is 64.5 Å². The number of fused-ring (bicyclic) bond motifs is 1. The van der Waals surface area contributed by atoms with Crippen LogP contribution in [0.5, 0.6) is 0 Å². The van der Waals surface area contributed by atoms with E-state index in [4.69, 9.17) is 0 Å². The van der Waals surface area contributed by atoms with Crippen LogP contribution in [0.25, 0.3) is 22.2 Å². The Hall–Kier alpha value is -3.09. The molecule has 1 N–H and O–H groups in total. The van der Waals surface area contributed by atoms with E-state index in [-0.39, 0.29) is 35.4 Å². The van der Waals surface area contributed by atoms with Gasteiger partial charge in [0.1, 0.15) is 17.1 Å². The highest BCUT2D eigenvalue weighted by Gasteiger charge is 2.28. The molecule has 3 aromatic rings.